The van der Waals surface area contributed by atoms with Crippen molar-refractivity contribution in [3.8, 4) is 0 Å². The van der Waals surface area contributed by atoms with E-state index in [0.29, 0.717) is 0 Å². The summed E-state index contributed by atoms with van der Waals surface area (Å²) in [6.07, 6.45) is 1.66. The number of anilines is 1. The van der Waals surface area contributed by atoms with Crippen molar-refractivity contribution in [2.24, 2.45) is 0 Å². The average molecular weight is 380 g/mol. The van der Waals surface area contributed by atoms with Gasteiger partial charge in [0.2, 0.25) is 0 Å². The molecule has 0 spiro atoms. The van der Waals surface area contributed by atoms with Gasteiger partial charge in [0.1, 0.15) is 0 Å². The van der Waals surface area contributed by atoms with Crippen LogP contribution in [0.3, 0.4) is 0 Å². The van der Waals surface area contributed by atoms with Crippen molar-refractivity contribution in [2.45, 2.75) is 35.6 Å². The summed E-state index contributed by atoms with van der Waals surface area (Å²) < 4.78 is 15.3. The number of aryl methyl sites for hydroxylation is 2. The van der Waals surface area contributed by atoms with Crippen LogP contribution in [0.5, 0.6) is 0 Å². The van der Waals surface area contributed by atoms with Gasteiger partial charge in [0.05, 0.1) is 0 Å². The van der Waals surface area contributed by atoms with Crippen molar-refractivity contribution in [3.05, 3.63) is 17.7 Å². The summed E-state index contributed by atoms with van der Waals surface area (Å²) in [4.78, 5) is 11.5. The fourth-order valence-electron chi connectivity index (χ4n) is 2.51. The number of rotatable bonds is 3. The Bertz CT molecular complexity index is 643. The van der Waals surface area contributed by atoms with Gasteiger partial charge in [0.25, 0.3) is 0 Å². The zero-order valence-corrected chi connectivity index (χ0v) is 14.8. The minimum atomic E-state index is -2.20. The summed E-state index contributed by atoms with van der Waals surface area (Å²) in [6, 6.07) is 2.00. The van der Waals surface area contributed by atoms with Gasteiger partial charge in [-0.25, -0.2) is 0 Å². The number of nitrogens with zero attached hydrogens (tertiary/aromatic N) is 5. The molecular weight excluding hydrogens is 361 g/mol. The normalized spacial score (nSPS) is 16.1. The molecule has 3 heterocycles. The van der Waals surface area contributed by atoms with Gasteiger partial charge in [0, 0.05) is 0 Å². The minimum absolute atomic E-state index is 0.827. The second kappa shape index (κ2) is 5.75. The Hall–Kier alpha value is -1.05. The first-order chi connectivity index (χ1) is 9.71. The van der Waals surface area contributed by atoms with E-state index in [1.54, 1.807) is 0 Å². The van der Waals surface area contributed by atoms with Crippen molar-refractivity contribution < 1.29 is 3.08 Å². The monoisotopic (exact) mass is 381 g/mol. The number of hydrogen-bond donors (Lipinski definition) is 0. The summed E-state index contributed by atoms with van der Waals surface area (Å²) in [5, 5.41) is 4.48. The Morgan fingerprint density at radius 3 is 2.60 bits per heavy atom. The molecule has 0 saturated carbocycles. The quantitative estimate of drug-likeness (QED) is 0.756. The first-order valence-corrected chi connectivity index (χ1v) is 12.4. The van der Waals surface area contributed by atoms with Gasteiger partial charge < -0.3 is 0 Å². The van der Waals surface area contributed by atoms with Gasteiger partial charge in [-0.3, -0.25) is 0 Å². The Kier molecular flexibility index (Phi) is 4.00. The first-order valence-electron chi connectivity index (χ1n) is 7.23. The molecule has 3 rings (SSSR count). The molecule has 0 N–H and O–H groups in total. The Morgan fingerprint density at radius 2 is 1.95 bits per heavy atom. The molecule has 20 heavy (non-hydrogen) atoms. The maximum absolute atomic E-state index is 11.6. The molecule has 2 aromatic rings. The second-order valence-electron chi connectivity index (χ2n) is 5.06. The van der Waals surface area contributed by atoms with Crippen molar-refractivity contribution in [2.75, 3.05) is 18.0 Å². The Balaban J connectivity index is 2.01. The molecule has 0 unspecified atom stereocenters. The van der Waals surface area contributed by atoms with Crippen LogP contribution in [-0.2, 0) is 15.9 Å². The molecule has 1 saturated heterocycles. The summed E-state index contributed by atoms with van der Waals surface area (Å²) in [5.74, 6) is 2.75. The topological polar surface area (TPSA) is 63.4 Å². The van der Waals surface area contributed by atoms with Crippen molar-refractivity contribution >= 4 is 31.2 Å². The van der Waals surface area contributed by atoms with Gasteiger partial charge in [-0.15, -0.1) is 0 Å². The van der Waals surface area contributed by atoms with Crippen LogP contribution in [0.25, 0.3) is 5.65 Å². The molecule has 0 radical (unpaired) electrons. The van der Waals surface area contributed by atoms with E-state index in [1.165, 1.54) is 0 Å². The number of fused-ring (bicyclic) bond motifs is 1. The van der Waals surface area contributed by atoms with Crippen LogP contribution in [0.2, 0.25) is 8.87 Å². The first kappa shape index (κ1) is 13.9. The SMILES string of the molecule is CCc1nc2cc(N3C[CH2][Sn](=[O])[CH2]C3)nc(CC)n2n1. The van der Waals surface area contributed by atoms with E-state index in [0.717, 1.165) is 57.9 Å². The van der Waals surface area contributed by atoms with Crippen molar-refractivity contribution in [1.82, 2.24) is 19.6 Å². The molecule has 0 amide bonds. The molecule has 2 aromatic heterocycles. The Morgan fingerprint density at radius 1 is 1.20 bits per heavy atom. The molecule has 0 aromatic carbocycles. The third-order valence-corrected chi connectivity index (χ3v) is 8.16. The van der Waals surface area contributed by atoms with Crippen LogP contribution in [-0.4, -0.2) is 52.4 Å². The maximum atomic E-state index is 11.6. The summed E-state index contributed by atoms with van der Waals surface area (Å²) in [6.45, 7) is 5.89. The van der Waals surface area contributed by atoms with Gasteiger partial charge in [0.15, 0.2) is 0 Å². The fourth-order valence-corrected chi connectivity index (χ4v) is 6.18. The van der Waals surface area contributed by atoms with Gasteiger partial charge in [-0.1, -0.05) is 0 Å². The van der Waals surface area contributed by atoms with Crippen molar-refractivity contribution in [3.63, 3.8) is 0 Å². The zero-order chi connectivity index (χ0) is 14.1. The van der Waals surface area contributed by atoms with Crippen LogP contribution in [0.4, 0.5) is 5.82 Å². The van der Waals surface area contributed by atoms with E-state index < -0.39 is 19.7 Å². The van der Waals surface area contributed by atoms with E-state index in [-0.39, 0.29) is 0 Å². The predicted molar refractivity (Wildman–Crippen MR) is 77.8 cm³/mol. The van der Waals surface area contributed by atoms with Crippen LogP contribution in [0.15, 0.2) is 6.07 Å². The molecule has 7 heteroatoms. The summed E-state index contributed by atoms with van der Waals surface area (Å²) in [5.41, 5.74) is 0.871. The molecular formula is C13H19N5OSn. The van der Waals surface area contributed by atoms with Crippen molar-refractivity contribution in [1.29, 1.82) is 0 Å². The van der Waals surface area contributed by atoms with Gasteiger partial charge in [-0.2, -0.15) is 0 Å². The predicted octanol–water partition coefficient (Wildman–Crippen LogP) is 1.49. The van der Waals surface area contributed by atoms with Gasteiger partial charge >= 0.3 is 125 Å². The third kappa shape index (κ3) is 2.57. The zero-order valence-electron chi connectivity index (χ0n) is 12.0. The van der Waals surface area contributed by atoms with E-state index in [2.05, 4.69) is 28.8 Å². The van der Waals surface area contributed by atoms with E-state index in [9.17, 15) is 3.08 Å². The molecule has 1 fully saturated rings. The molecule has 0 bridgehead atoms. The third-order valence-electron chi connectivity index (χ3n) is 3.70. The van der Waals surface area contributed by atoms with Crippen LogP contribution < -0.4 is 4.90 Å². The number of hydrogen-bond acceptors (Lipinski definition) is 5. The summed E-state index contributed by atoms with van der Waals surface area (Å²) >= 11 is -2.20. The summed E-state index contributed by atoms with van der Waals surface area (Å²) in [7, 11) is 0. The average Bonchev–Trinajstić information content (AvgIpc) is 2.90. The Labute approximate surface area is 125 Å². The molecule has 1 aliphatic heterocycles. The second-order valence-corrected chi connectivity index (χ2v) is 11.0. The van der Waals surface area contributed by atoms with E-state index in [4.69, 9.17) is 4.98 Å². The number of aromatic nitrogens is 4. The molecule has 0 aliphatic carbocycles. The molecule has 106 valence electrons. The molecule has 6 nitrogen and oxygen atoms in total. The van der Waals surface area contributed by atoms with E-state index in [1.807, 2.05) is 10.6 Å². The molecule has 0 atom stereocenters. The van der Waals surface area contributed by atoms with Crippen LogP contribution in [0, 0.1) is 0 Å². The van der Waals surface area contributed by atoms with E-state index >= 15 is 0 Å². The standard InChI is InChI=1S/C13H19N5.O.Sn/c1-5-10-14-13-9-12(17(7-3)8-4)15-11(6-2)18(13)16-10;;/h9H,3-8H2,1-2H3;;. The molecule has 1 aliphatic rings. The van der Waals surface area contributed by atoms with Crippen LogP contribution in [0.1, 0.15) is 25.5 Å². The van der Waals surface area contributed by atoms with Gasteiger partial charge in [-0.05, 0) is 0 Å². The van der Waals surface area contributed by atoms with Crippen LogP contribution >= 0.6 is 0 Å². The fraction of sp³-hybridized carbons (Fsp3) is 0.615.